The molecule has 5 nitrogen and oxygen atoms in total. The van der Waals surface area contributed by atoms with Crippen molar-refractivity contribution in [2.45, 2.75) is 78.2 Å². The molecule has 22 heavy (non-hydrogen) atoms. The topological polar surface area (TPSA) is 69.4 Å². The number of unbranched alkanes of at least 4 members (excludes halogenated alkanes) is 4. The second-order valence-electron chi connectivity index (χ2n) is 6.51. The predicted octanol–water partition coefficient (Wildman–Crippen LogP) is 4.10. The van der Waals surface area contributed by atoms with Crippen molar-refractivity contribution in [1.29, 1.82) is 0 Å². The number of rotatable bonds is 9. The first kappa shape index (κ1) is 18.4. The molecule has 1 rings (SSSR count). The lowest BCUT2D eigenvalue weighted by Crippen LogP contribution is -2.24. The highest BCUT2D eigenvalue weighted by atomic mass is 16.6. The van der Waals surface area contributed by atoms with Gasteiger partial charge in [-0.15, -0.1) is 0 Å². The van der Waals surface area contributed by atoms with E-state index >= 15 is 0 Å². The predicted molar refractivity (Wildman–Crippen MR) is 83.8 cm³/mol. The number of carbonyl (C=O) groups excluding carboxylic acids is 2. The van der Waals surface area contributed by atoms with E-state index in [1.54, 1.807) is 20.8 Å². The van der Waals surface area contributed by atoms with Crippen molar-refractivity contribution in [3.8, 4) is 0 Å². The van der Waals surface area contributed by atoms with E-state index in [0.29, 0.717) is 6.42 Å². The van der Waals surface area contributed by atoms with Crippen molar-refractivity contribution < 1.29 is 18.7 Å². The number of hydrogen-bond donors (Lipinski definition) is 0. The maximum Gasteiger partial charge on any atom is 0.360 e. The Morgan fingerprint density at radius 1 is 1.18 bits per heavy atom. The summed E-state index contributed by atoms with van der Waals surface area (Å²) in [5.41, 5.74) is -0.467. The zero-order chi connectivity index (χ0) is 16.6. The molecule has 1 heterocycles. The van der Waals surface area contributed by atoms with Crippen LogP contribution >= 0.6 is 0 Å². The average molecular weight is 309 g/mol. The normalized spacial score (nSPS) is 11.5. The summed E-state index contributed by atoms with van der Waals surface area (Å²) >= 11 is 0. The maximum atomic E-state index is 11.8. The third-order valence-electron chi connectivity index (χ3n) is 3.07. The van der Waals surface area contributed by atoms with Crippen LogP contribution in [-0.4, -0.2) is 22.3 Å². The molecule has 124 valence electrons. The smallest absolute Gasteiger partial charge is 0.360 e. The minimum Gasteiger partial charge on any atom is -0.455 e. The van der Waals surface area contributed by atoms with E-state index < -0.39 is 11.6 Å². The van der Waals surface area contributed by atoms with Gasteiger partial charge in [0.2, 0.25) is 5.89 Å². The minimum atomic E-state index is -0.579. The standard InChI is InChI=1S/C17H27NO4/c1-5-6-7-8-9-10-13(19)11-15-18-14(12-21-15)16(20)22-17(2,3)4/h12H,5-11H2,1-4H3. The summed E-state index contributed by atoms with van der Waals surface area (Å²) in [6.45, 7) is 7.52. The highest BCUT2D eigenvalue weighted by Gasteiger charge is 2.21. The third-order valence-corrected chi connectivity index (χ3v) is 3.07. The van der Waals surface area contributed by atoms with Gasteiger partial charge >= 0.3 is 5.97 Å². The molecule has 0 spiro atoms. The minimum absolute atomic E-state index is 0.0917. The lowest BCUT2D eigenvalue weighted by Gasteiger charge is -2.18. The van der Waals surface area contributed by atoms with Crippen molar-refractivity contribution in [2.75, 3.05) is 0 Å². The molecule has 5 heteroatoms. The van der Waals surface area contributed by atoms with Gasteiger partial charge in [-0.1, -0.05) is 32.6 Å². The second kappa shape index (κ2) is 8.71. The summed E-state index contributed by atoms with van der Waals surface area (Å²) in [5.74, 6) is -0.164. The SMILES string of the molecule is CCCCCCCC(=O)Cc1nc(C(=O)OC(C)(C)C)co1. The van der Waals surface area contributed by atoms with Crippen LogP contribution in [0.3, 0.4) is 0 Å². The van der Waals surface area contributed by atoms with Crippen molar-refractivity contribution in [3.63, 3.8) is 0 Å². The van der Waals surface area contributed by atoms with Crippen molar-refractivity contribution in [1.82, 2.24) is 4.98 Å². The van der Waals surface area contributed by atoms with Gasteiger partial charge in [-0.2, -0.15) is 0 Å². The van der Waals surface area contributed by atoms with Gasteiger partial charge in [0.1, 0.15) is 17.6 Å². The summed E-state index contributed by atoms with van der Waals surface area (Å²) < 4.78 is 10.4. The van der Waals surface area contributed by atoms with Gasteiger partial charge in [0.25, 0.3) is 0 Å². The quantitative estimate of drug-likeness (QED) is 0.507. The van der Waals surface area contributed by atoms with E-state index in [1.807, 2.05) is 0 Å². The number of ether oxygens (including phenoxy) is 1. The Labute approximate surface area is 132 Å². The Kier molecular flexibility index (Phi) is 7.28. The third kappa shape index (κ3) is 7.38. The summed E-state index contributed by atoms with van der Waals surface area (Å²) in [4.78, 5) is 27.7. The fraction of sp³-hybridized carbons (Fsp3) is 0.706. The Morgan fingerprint density at radius 3 is 2.50 bits per heavy atom. The largest absolute Gasteiger partial charge is 0.455 e. The number of nitrogens with zero attached hydrogens (tertiary/aromatic N) is 1. The number of aromatic nitrogens is 1. The fourth-order valence-electron chi connectivity index (χ4n) is 2.00. The molecule has 0 aromatic carbocycles. The zero-order valence-corrected chi connectivity index (χ0v) is 14.1. The van der Waals surface area contributed by atoms with Crippen LogP contribution in [0.4, 0.5) is 0 Å². The van der Waals surface area contributed by atoms with Gasteiger partial charge in [-0.3, -0.25) is 4.79 Å². The van der Waals surface area contributed by atoms with Crippen LogP contribution in [0.2, 0.25) is 0 Å². The number of hydrogen-bond acceptors (Lipinski definition) is 5. The van der Waals surface area contributed by atoms with Crippen LogP contribution < -0.4 is 0 Å². The molecule has 1 aromatic rings. The second-order valence-corrected chi connectivity index (χ2v) is 6.51. The van der Waals surface area contributed by atoms with Crippen LogP contribution in [-0.2, 0) is 16.0 Å². The van der Waals surface area contributed by atoms with Crippen LogP contribution in [0.1, 0.15) is 82.6 Å². The summed E-state index contributed by atoms with van der Waals surface area (Å²) in [7, 11) is 0. The van der Waals surface area contributed by atoms with Gasteiger partial charge in [0.15, 0.2) is 5.69 Å². The van der Waals surface area contributed by atoms with Crippen molar-refractivity contribution >= 4 is 11.8 Å². The van der Waals surface area contributed by atoms with Crippen LogP contribution in [0.5, 0.6) is 0 Å². The average Bonchev–Trinajstić information content (AvgIpc) is 2.85. The molecule has 0 N–H and O–H groups in total. The van der Waals surface area contributed by atoms with E-state index in [9.17, 15) is 9.59 Å². The van der Waals surface area contributed by atoms with Crippen molar-refractivity contribution in [3.05, 3.63) is 17.8 Å². The molecule has 0 aliphatic rings. The number of Topliss-reactive ketones (excluding diaryl/α,β-unsaturated/α-hetero) is 1. The lowest BCUT2D eigenvalue weighted by molar-refractivity contribution is -0.118. The van der Waals surface area contributed by atoms with E-state index in [0.717, 1.165) is 12.8 Å². The molecular weight excluding hydrogens is 282 g/mol. The number of ketones is 1. The Bertz CT molecular complexity index is 485. The zero-order valence-electron chi connectivity index (χ0n) is 14.1. The molecule has 0 aliphatic carbocycles. The number of carbonyl (C=O) groups is 2. The highest BCUT2D eigenvalue weighted by Crippen LogP contribution is 2.13. The first-order chi connectivity index (χ1) is 10.3. The summed E-state index contributed by atoms with van der Waals surface area (Å²) in [6.07, 6.45) is 7.48. The lowest BCUT2D eigenvalue weighted by atomic mass is 10.1. The van der Waals surface area contributed by atoms with Crippen LogP contribution in [0, 0.1) is 0 Å². The first-order valence-electron chi connectivity index (χ1n) is 8.01. The van der Waals surface area contributed by atoms with Gasteiger partial charge in [-0.05, 0) is 27.2 Å². The van der Waals surface area contributed by atoms with E-state index in [4.69, 9.17) is 9.15 Å². The van der Waals surface area contributed by atoms with Crippen LogP contribution in [0.15, 0.2) is 10.7 Å². The summed E-state index contributed by atoms with van der Waals surface area (Å²) in [6, 6.07) is 0. The van der Waals surface area contributed by atoms with Gasteiger partial charge in [0.05, 0.1) is 6.42 Å². The molecule has 1 aromatic heterocycles. The van der Waals surface area contributed by atoms with E-state index in [1.165, 1.54) is 25.5 Å². The van der Waals surface area contributed by atoms with E-state index in [-0.39, 0.29) is 23.8 Å². The molecule has 0 saturated heterocycles. The molecule has 0 fully saturated rings. The molecule has 0 radical (unpaired) electrons. The Balaban J connectivity index is 2.38. The Morgan fingerprint density at radius 2 is 1.86 bits per heavy atom. The molecule has 0 aliphatic heterocycles. The van der Waals surface area contributed by atoms with Crippen molar-refractivity contribution in [2.24, 2.45) is 0 Å². The first-order valence-corrected chi connectivity index (χ1v) is 8.01. The van der Waals surface area contributed by atoms with Gasteiger partial charge in [-0.25, -0.2) is 9.78 Å². The number of esters is 1. The van der Waals surface area contributed by atoms with Gasteiger partial charge < -0.3 is 9.15 Å². The maximum absolute atomic E-state index is 11.8. The molecule has 0 unspecified atom stereocenters. The fourth-order valence-corrected chi connectivity index (χ4v) is 2.00. The number of oxazole rings is 1. The molecular formula is C17H27NO4. The van der Waals surface area contributed by atoms with Gasteiger partial charge in [0, 0.05) is 6.42 Å². The van der Waals surface area contributed by atoms with Crippen LogP contribution in [0.25, 0.3) is 0 Å². The summed E-state index contributed by atoms with van der Waals surface area (Å²) in [5, 5.41) is 0. The molecule has 0 saturated carbocycles. The molecule has 0 bridgehead atoms. The highest BCUT2D eigenvalue weighted by molar-refractivity contribution is 5.87. The Hall–Kier alpha value is -1.65. The van der Waals surface area contributed by atoms with E-state index in [2.05, 4.69) is 11.9 Å². The molecule has 0 amide bonds. The molecule has 0 atom stereocenters. The monoisotopic (exact) mass is 309 g/mol.